The van der Waals surface area contributed by atoms with Crippen LogP contribution in [0.1, 0.15) is 19.8 Å². The number of carbonyl (C=O) groups excluding carboxylic acids is 1. The average Bonchev–Trinajstić information content (AvgIpc) is 2.85. The van der Waals surface area contributed by atoms with Crippen molar-refractivity contribution in [3.63, 3.8) is 0 Å². The van der Waals surface area contributed by atoms with Gasteiger partial charge in [0.1, 0.15) is 6.10 Å². The zero-order chi connectivity index (χ0) is 23.9. The van der Waals surface area contributed by atoms with Crippen molar-refractivity contribution in [3.8, 4) is 17.0 Å². The van der Waals surface area contributed by atoms with Crippen LogP contribution in [0, 0.1) is 0 Å². The summed E-state index contributed by atoms with van der Waals surface area (Å²) in [6.07, 6.45) is 5.20. The lowest BCUT2D eigenvalue weighted by molar-refractivity contribution is 0.0244. The molecule has 0 aliphatic carbocycles. The van der Waals surface area contributed by atoms with E-state index in [9.17, 15) is 4.79 Å². The maximum absolute atomic E-state index is 11.6. The van der Waals surface area contributed by atoms with Crippen molar-refractivity contribution in [2.45, 2.75) is 31.9 Å². The Kier molecular flexibility index (Phi) is 7.71. The second-order valence-electron chi connectivity index (χ2n) is 8.14. The van der Waals surface area contributed by atoms with Gasteiger partial charge in [0, 0.05) is 56.7 Å². The zero-order valence-corrected chi connectivity index (χ0v) is 19.6. The number of amides is 2. The maximum atomic E-state index is 11.6. The Balaban J connectivity index is 1.70. The summed E-state index contributed by atoms with van der Waals surface area (Å²) in [5.41, 5.74) is 3.16. The Morgan fingerprint density at radius 3 is 2.65 bits per heavy atom. The summed E-state index contributed by atoms with van der Waals surface area (Å²) in [4.78, 5) is 25.5. The second kappa shape index (κ2) is 11.1. The van der Waals surface area contributed by atoms with E-state index in [1.54, 1.807) is 26.6 Å². The SMILES string of the molecule is CNC(=O)Nc1ccc(-c2cnc(OC3CCOCC3)c3cnc(N[C@@H](C)COC)nc23)cc1. The number of nitrogens with one attached hydrogen (secondary N) is 3. The van der Waals surface area contributed by atoms with Crippen molar-refractivity contribution < 1.29 is 19.0 Å². The molecule has 3 N–H and O–H groups in total. The van der Waals surface area contributed by atoms with E-state index in [1.165, 1.54) is 0 Å². The zero-order valence-electron chi connectivity index (χ0n) is 19.6. The third-order valence-electron chi connectivity index (χ3n) is 5.50. The van der Waals surface area contributed by atoms with Gasteiger partial charge in [0.2, 0.25) is 11.8 Å². The molecule has 3 heterocycles. The van der Waals surface area contributed by atoms with Crippen LogP contribution >= 0.6 is 0 Å². The topological polar surface area (TPSA) is 120 Å². The summed E-state index contributed by atoms with van der Waals surface area (Å²) in [7, 11) is 3.23. The van der Waals surface area contributed by atoms with Crippen LogP contribution in [0.3, 0.4) is 0 Å². The van der Waals surface area contributed by atoms with Crippen molar-refractivity contribution in [2.24, 2.45) is 0 Å². The highest BCUT2D eigenvalue weighted by atomic mass is 16.5. The first kappa shape index (κ1) is 23.7. The predicted octanol–water partition coefficient (Wildman–Crippen LogP) is 3.45. The van der Waals surface area contributed by atoms with E-state index in [0.29, 0.717) is 37.3 Å². The van der Waals surface area contributed by atoms with Gasteiger partial charge in [-0.1, -0.05) is 12.1 Å². The summed E-state index contributed by atoms with van der Waals surface area (Å²) in [5.74, 6) is 1.01. The number of rotatable bonds is 8. The van der Waals surface area contributed by atoms with Crippen LogP contribution in [0.5, 0.6) is 5.88 Å². The third kappa shape index (κ3) is 5.70. The molecule has 0 unspecified atom stereocenters. The van der Waals surface area contributed by atoms with Gasteiger partial charge >= 0.3 is 6.03 Å². The molecule has 0 radical (unpaired) electrons. The van der Waals surface area contributed by atoms with Crippen LogP contribution in [0.4, 0.5) is 16.4 Å². The molecule has 180 valence electrons. The Morgan fingerprint density at radius 2 is 1.94 bits per heavy atom. The maximum Gasteiger partial charge on any atom is 0.318 e. The van der Waals surface area contributed by atoms with E-state index in [4.69, 9.17) is 19.2 Å². The molecule has 3 aromatic rings. The first-order valence-electron chi connectivity index (χ1n) is 11.3. The van der Waals surface area contributed by atoms with E-state index in [-0.39, 0.29) is 18.2 Å². The van der Waals surface area contributed by atoms with Crippen LogP contribution in [0.2, 0.25) is 0 Å². The highest BCUT2D eigenvalue weighted by Crippen LogP contribution is 2.33. The molecule has 1 aromatic carbocycles. The summed E-state index contributed by atoms with van der Waals surface area (Å²) < 4.78 is 16.9. The van der Waals surface area contributed by atoms with E-state index in [1.807, 2.05) is 31.2 Å². The van der Waals surface area contributed by atoms with Gasteiger partial charge in [-0.3, -0.25) is 0 Å². The first-order valence-corrected chi connectivity index (χ1v) is 11.3. The Labute approximate surface area is 198 Å². The van der Waals surface area contributed by atoms with Crippen molar-refractivity contribution >= 4 is 28.6 Å². The molecule has 1 atom stereocenters. The molecule has 4 rings (SSSR count). The number of pyridine rings is 1. The van der Waals surface area contributed by atoms with Gasteiger partial charge < -0.3 is 30.2 Å². The second-order valence-corrected chi connectivity index (χ2v) is 8.14. The Morgan fingerprint density at radius 1 is 1.18 bits per heavy atom. The standard InChI is InChI=1S/C24H30N6O4/c1-15(14-32-3)28-23-27-13-20-21(30-23)19(12-26-22(20)34-18-8-10-33-11-9-18)16-4-6-17(7-5-16)29-24(31)25-2/h4-7,12-13,15,18H,8-11,14H2,1-3H3,(H2,25,29,31)(H,27,28,30)/t15-/m0/s1. The smallest absolute Gasteiger partial charge is 0.318 e. The molecule has 2 amide bonds. The van der Waals surface area contributed by atoms with Crippen LogP contribution in [-0.2, 0) is 9.47 Å². The molecule has 1 aliphatic rings. The highest BCUT2D eigenvalue weighted by molar-refractivity contribution is 5.96. The number of methoxy groups -OCH3 is 1. The van der Waals surface area contributed by atoms with Crippen molar-refractivity contribution in [1.29, 1.82) is 0 Å². The van der Waals surface area contributed by atoms with Crippen molar-refractivity contribution in [3.05, 3.63) is 36.7 Å². The number of benzene rings is 1. The minimum atomic E-state index is -0.275. The van der Waals surface area contributed by atoms with Gasteiger partial charge in [-0.05, 0) is 24.6 Å². The largest absolute Gasteiger partial charge is 0.474 e. The fraction of sp³-hybridized carbons (Fsp3) is 0.417. The molecular weight excluding hydrogens is 436 g/mol. The monoisotopic (exact) mass is 466 g/mol. The lowest BCUT2D eigenvalue weighted by Crippen LogP contribution is -2.26. The van der Waals surface area contributed by atoms with Gasteiger partial charge in [-0.2, -0.15) is 0 Å². The highest BCUT2D eigenvalue weighted by Gasteiger charge is 2.20. The van der Waals surface area contributed by atoms with Crippen LogP contribution in [0.25, 0.3) is 22.0 Å². The average molecular weight is 467 g/mol. The Hall–Kier alpha value is -3.50. The molecule has 0 bridgehead atoms. The number of nitrogens with zero attached hydrogens (tertiary/aromatic N) is 3. The van der Waals surface area contributed by atoms with E-state index < -0.39 is 0 Å². The first-order chi connectivity index (χ1) is 16.6. The van der Waals surface area contributed by atoms with Gasteiger partial charge in [0.25, 0.3) is 0 Å². The fourth-order valence-corrected chi connectivity index (χ4v) is 3.76. The van der Waals surface area contributed by atoms with E-state index >= 15 is 0 Å². The normalized spacial score (nSPS) is 15.0. The number of aromatic nitrogens is 3. The quantitative estimate of drug-likeness (QED) is 0.462. The minimum Gasteiger partial charge on any atom is -0.474 e. The molecular formula is C24H30N6O4. The summed E-state index contributed by atoms with van der Waals surface area (Å²) in [5, 5.41) is 9.31. The number of hydrogen-bond acceptors (Lipinski definition) is 8. The number of carbonyl (C=O) groups is 1. The number of ether oxygens (including phenoxy) is 3. The van der Waals surface area contributed by atoms with Gasteiger partial charge in [-0.15, -0.1) is 0 Å². The number of fused-ring (bicyclic) bond motifs is 1. The summed E-state index contributed by atoms with van der Waals surface area (Å²) in [6.45, 7) is 3.89. The van der Waals surface area contributed by atoms with E-state index in [2.05, 4.69) is 25.9 Å². The van der Waals surface area contributed by atoms with Crippen LogP contribution in [-0.4, -0.2) is 67.1 Å². The summed E-state index contributed by atoms with van der Waals surface area (Å²) >= 11 is 0. The van der Waals surface area contributed by atoms with Crippen molar-refractivity contribution in [1.82, 2.24) is 20.3 Å². The van der Waals surface area contributed by atoms with Gasteiger partial charge in [0.15, 0.2) is 0 Å². The van der Waals surface area contributed by atoms with Gasteiger partial charge in [-0.25, -0.2) is 19.7 Å². The minimum absolute atomic E-state index is 0.0424. The molecule has 34 heavy (non-hydrogen) atoms. The number of urea groups is 1. The molecule has 0 saturated carbocycles. The molecule has 10 heteroatoms. The number of hydrogen-bond donors (Lipinski definition) is 3. The lowest BCUT2D eigenvalue weighted by Gasteiger charge is -2.23. The fourth-order valence-electron chi connectivity index (χ4n) is 3.76. The van der Waals surface area contributed by atoms with Crippen molar-refractivity contribution in [2.75, 3.05) is 44.6 Å². The Bertz CT molecular complexity index is 1120. The number of anilines is 2. The molecule has 1 aliphatic heterocycles. The molecule has 0 spiro atoms. The molecule has 10 nitrogen and oxygen atoms in total. The molecule has 1 saturated heterocycles. The van der Waals surface area contributed by atoms with Crippen LogP contribution in [0.15, 0.2) is 36.7 Å². The third-order valence-corrected chi connectivity index (χ3v) is 5.50. The predicted molar refractivity (Wildman–Crippen MR) is 130 cm³/mol. The lowest BCUT2D eigenvalue weighted by atomic mass is 10.0. The van der Waals surface area contributed by atoms with Gasteiger partial charge in [0.05, 0.1) is 30.7 Å². The molecule has 2 aromatic heterocycles. The molecule has 1 fully saturated rings. The summed E-state index contributed by atoms with van der Waals surface area (Å²) in [6, 6.07) is 7.28. The van der Waals surface area contributed by atoms with E-state index in [0.717, 1.165) is 34.9 Å². The van der Waals surface area contributed by atoms with Crippen LogP contribution < -0.4 is 20.7 Å².